The molecule has 17 heavy (non-hydrogen) atoms. The minimum atomic E-state index is -0.485. The number of hydrogen-bond acceptors (Lipinski definition) is 3. The third kappa shape index (κ3) is 3.45. The molecule has 1 unspecified atom stereocenters. The molecule has 3 nitrogen and oxygen atoms in total. The first-order chi connectivity index (χ1) is 8.29. The molecule has 0 amide bonds. The number of aliphatic hydroxyl groups excluding tert-OH is 1. The summed E-state index contributed by atoms with van der Waals surface area (Å²) in [4.78, 5) is 2.37. The first kappa shape index (κ1) is 12.4. The summed E-state index contributed by atoms with van der Waals surface area (Å²) in [7, 11) is 1.64. The molecule has 0 aliphatic carbocycles. The molecule has 1 aromatic carbocycles. The first-order valence-electron chi connectivity index (χ1n) is 6.17. The molecule has 1 saturated heterocycles. The van der Waals surface area contributed by atoms with Crippen molar-refractivity contribution >= 4 is 0 Å². The lowest BCUT2D eigenvalue weighted by Gasteiger charge is -2.17. The highest BCUT2D eigenvalue weighted by Gasteiger charge is 2.14. The van der Waals surface area contributed by atoms with Crippen LogP contribution in [0, 0.1) is 6.42 Å². The number of likely N-dealkylation sites (tertiary alicyclic amines) is 1. The highest BCUT2D eigenvalue weighted by atomic mass is 16.5. The van der Waals surface area contributed by atoms with Crippen molar-refractivity contribution in [1.29, 1.82) is 0 Å². The fraction of sp³-hybridized carbons (Fsp3) is 0.500. The highest BCUT2D eigenvalue weighted by Crippen LogP contribution is 2.20. The minimum Gasteiger partial charge on any atom is -0.497 e. The lowest BCUT2D eigenvalue weighted by Crippen LogP contribution is -2.22. The van der Waals surface area contributed by atoms with Gasteiger partial charge in [0.25, 0.3) is 0 Å². The molecular formula is C14H20NO2. The fourth-order valence-corrected chi connectivity index (χ4v) is 2.15. The Morgan fingerprint density at radius 2 is 1.94 bits per heavy atom. The maximum atomic E-state index is 10.0. The molecule has 1 N–H and O–H groups in total. The van der Waals surface area contributed by atoms with Crippen LogP contribution in [0.5, 0.6) is 5.75 Å². The summed E-state index contributed by atoms with van der Waals surface area (Å²) >= 11 is 0. The van der Waals surface area contributed by atoms with Crippen LogP contribution >= 0.6 is 0 Å². The van der Waals surface area contributed by atoms with Crippen LogP contribution in [0.2, 0.25) is 0 Å². The van der Waals surface area contributed by atoms with Crippen molar-refractivity contribution in [3.8, 4) is 5.75 Å². The number of hydrogen-bond donors (Lipinski definition) is 1. The predicted octanol–water partition coefficient (Wildman–Crippen LogP) is 2.03. The van der Waals surface area contributed by atoms with Crippen molar-refractivity contribution in [3.63, 3.8) is 0 Å². The van der Waals surface area contributed by atoms with Gasteiger partial charge < -0.3 is 14.7 Å². The van der Waals surface area contributed by atoms with Gasteiger partial charge in [0.1, 0.15) is 5.75 Å². The van der Waals surface area contributed by atoms with Crippen LogP contribution in [0.4, 0.5) is 0 Å². The molecule has 0 aromatic heterocycles. The molecule has 0 spiro atoms. The van der Waals surface area contributed by atoms with Gasteiger partial charge in [-0.15, -0.1) is 0 Å². The van der Waals surface area contributed by atoms with Gasteiger partial charge in [-0.3, -0.25) is 0 Å². The van der Waals surface area contributed by atoms with Gasteiger partial charge in [-0.2, -0.15) is 0 Å². The predicted molar refractivity (Wildman–Crippen MR) is 67.9 cm³/mol. The molecule has 0 saturated carbocycles. The summed E-state index contributed by atoms with van der Waals surface area (Å²) in [6, 6.07) is 7.57. The Bertz CT molecular complexity index is 331. The van der Waals surface area contributed by atoms with Crippen molar-refractivity contribution in [2.45, 2.75) is 18.9 Å². The van der Waals surface area contributed by atoms with Gasteiger partial charge in [0, 0.05) is 13.0 Å². The number of ether oxygens (including phenoxy) is 1. The van der Waals surface area contributed by atoms with E-state index in [9.17, 15) is 5.11 Å². The summed E-state index contributed by atoms with van der Waals surface area (Å²) in [5, 5.41) is 10.0. The maximum absolute atomic E-state index is 10.0. The normalized spacial score (nSPS) is 18.2. The molecule has 1 aliphatic rings. The van der Waals surface area contributed by atoms with Gasteiger partial charge in [-0.05, 0) is 43.6 Å². The van der Waals surface area contributed by atoms with Crippen molar-refractivity contribution in [3.05, 3.63) is 36.2 Å². The van der Waals surface area contributed by atoms with Crippen molar-refractivity contribution in [2.75, 3.05) is 26.7 Å². The average molecular weight is 234 g/mol. The van der Waals surface area contributed by atoms with Crippen LogP contribution < -0.4 is 4.74 Å². The summed E-state index contributed by atoms with van der Waals surface area (Å²) in [5.41, 5.74) is 0.921. The van der Waals surface area contributed by atoms with Crippen LogP contribution in [0.25, 0.3) is 0 Å². The van der Waals surface area contributed by atoms with Crippen LogP contribution in [0.3, 0.4) is 0 Å². The second-order valence-corrected chi connectivity index (χ2v) is 4.46. The summed E-state index contributed by atoms with van der Waals surface area (Å²) in [6.07, 6.45) is 4.05. The van der Waals surface area contributed by atoms with Gasteiger partial charge in [-0.25, -0.2) is 0 Å². The number of aliphatic hydroxyl groups is 1. The quantitative estimate of drug-likeness (QED) is 0.846. The third-order valence-corrected chi connectivity index (χ3v) is 3.24. The average Bonchev–Trinajstić information content (AvgIpc) is 2.89. The molecule has 1 aliphatic heterocycles. The fourth-order valence-electron chi connectivity index (χ4n) is 2.15. The number of methoxy groups -OCH3 is 1. The number of benzene rings is 1. The van der Waals surface area contributed by atoms with Crippen molar-refractivity contribution in [1.82, 2.24) is 4.90 Å². The van der Waals surface area contributed by atoms with Gasteiger partial charge in [0.15, 0.2) is 0 Å². The Kier molecular flexibility index (Phi) is 4.40. The molecule has 1 fully saturated rings. The standard InChI is InChI=1S/C14H20NO2/c1-17-13-6-4-12(5-7-13)14(16)8-11-15-9-2-3-10-15/h4-8,14,16H,2-3,9-11H2,1H3. The second-order valence-electron chi connectivity index (χ2n) is 4.46. The second kappa shape index (κ2) is 6.03. The van der Waals surface area contributed by atoms with Crippen LogP contribution in [0.1, 0.15) is 24.5 Å². The molecule has 1 aromatic rings. The van der Waals surface area contributed by atoms with Gasteiger partial charge in [0.2, 0.25) is 0 Å². The van der Waals surface area contributed by atoms with E-state index < -0.39 is 6.10 Å². The Morgan fingerprint density at radius 1 is 1.29 bits per heavy atom. The molecule has 1 atom stereocenters. The van der Waals surface area contributed by atoms with Crippen molar-refractivity contribution in [2.24, 2.45) is 0 Å². The van der Waals surface area contributed by atoms with Gasteiger partial charge in [0.05, 0.1) is 13.2 Å². The van der Waals surface area contributed by atoms with Crippen LogP contribution in [-0.4, -0.2) is 36.8 Å². The summed E-state index contributed by atoms with van der Waals surface area (Å²) in [6.45, 7) is 3.19. The molecule has 0 bridgehead atoms. The first-order valence-corrected chi connectivity index (χ1v) is 6.17. The van der Waals surface area contributed by atoms with Gasteiger partial charge in [-0.1, -0.05) is 12.1 Å². The van der Waals surface area contributed by atoms with E-state index >= 15 is 0 Å². The SMILES string of the molecule is COc1ccc(C(O)[CH]CN2CCCC2)cc1. The van der Waals surface area contributed by atoms with E-state index in [-0.39, 0.29) is 0 Å². The zero-order valence-electron chi connectivity index (χ0n) is 10.3. The highest BCUT2D eigenvalue weighted by molar-refractivity contribution is 5.29. The smallest absolute Gasteiger partial charge is 0.118 e. The molecule has 3 heteroatoms. The lowest BCUT2D eigenvalue weighted by molar-refractivity contribution is 0.196. The molecular weight excluding hydrogens is 214 g/mol. The monoisotopic (exact) mass is 234 g/mol. The number of nitrogens with zero attached hydrogens (tertiary/aromatic N) is 1. The number of rotatable bonds is 5. The zero-order valence-corrected chi connectivity index (χ0v) is 10.3. The van der Waals surface area contributed by atoms with Gasteiger partial charge >= 0.3 is 0 Å². The minimum absolute atomic E-state index is 0.485. The van der Waals surface area contributed by atoms with E-state index in [4.69, 9.17) is 4.74 Å². The lowest BCUT2D eigenvalue weighted by atomic mass is 10.1. The molecule has 93 valence electrons. The largest absolute Gasteiger partial charge is 0.497 e. The van der Waals surface area contributed by atoms with Crippen LogP contribution in [-0.2, 0) is 0 Å². The van der Waals surface area contributed by atoms with Crippen molar-refractivity contribution < 1.29 is 9.84 Å². The maximum Gasteiger partial charge on any atom is 0.118 e. The van der Waals surface area contributed by atoms with Crippen LogP contribution in [0.15, 0.2) is 24.3 Å². The van der Waals surface area contributed by atoms with E-state index in [1.807, 2.05) is 30.7 Å². The molecule has 2 rings (SSSR count). The van der Waals surface area contributed by atoms with E-state index in [2.05, 4.69) is 4.90 Å². The molecule has 1 heterocycles. The Balaban J connectivity index is 1.83. The van der Waals surface area contributed by atoms with E-state index in [1.54, 1.807) is 7.11 Å². The Morgan fingerprint density at radius 3 is 2.53 bits per heavy atom. The zero-order chi connectivity index (χ0) is 12.1. The van der Waals surface area contributed by atoms with E-state index in [0.717, 1.165) is 30.9 Å². The Labute approximate surface area is 103 Å². The molecule has 1 radical (unpaired) electrons. The summed E-state index contributed by atoms with van der Waals surface area (Å²) in [5.74, 6) is 0.820. The topological polar surface area (TPSA) is 32.7 Å². The van der Waals surface area contributed by atoms with E-state index in [1.165, 1.54) is 12.8 Å². The van der Waals surface area contributed by atoms with E-state index in [0.29, 0.717) is 0 Å². The third-order valence-electron chi connectivity index (χ3n) is 3.24. The summed E-state index contributed by atoms with van der Waals surface area (Å²) < 4.78 is 5.09. The Hall–Kier alpha value is -1.06.